The van der Waals surface area contributed by atoms with Crippen LogP contribution >= 0.6 is 0 Å². The molecule has 5 nitrogen and oxygen atoms in total. The van der Waals surface area contributed by atoms with Crippen molar-refractivity contribution in [1.82, 2.24) is 19.7 Å². The summed E-state index contributed by atoms with van der Waals surface area (Å²) in [6.45, 7) is 4.58. The normalized spacial score (nSPS) is 11.1. The lowest BCUT2D eigenvalue weighted by molar-refractivity contribution is 0.303. The van der Waals surface area contributed by atoms with E-state index in [1.165, 1.54) is 5.56 Å². The summed E-state index contributed by atoms with van der Waals surface area (Å²) in [5.74, 6) is 0.996. The van der Waals surface area contributed by atoms with Crippen LogP contribution < -0.4 is 5.73 Å². The molecule has 0 bridgehead atoms. The van der Waals surface area contributed by atoms with Crippen molar-refractivity contribution in [2.75, 3.05) is 12.8 Å². The van der Waals surface area contributed by atoms with Gasteiger partial charge in [-0.15, -0.1) is 0 Å². The highest BCUT2D eigenvalue weighted by atomic mass is 15.3. The van der Waals surface area contributed by atoms with E-state index in [0.29, 0.717) is 0 Å². The minimum Gasteiger partial charge on any atom is -0.399 e. The Morgan fingerprint density at radius 1 is 1.22 bits per heavy atom. The largest absolute Gasteiger partial charge is 0.399 e. The lowest BCUT2D eigenvalue weighted by Crippen LogP contribution is -2.20. The highest BCUT2D eigenvalue weighted by Gasteiger charge is 2.07. The third-order valence-corrected chi connectivity index (χ3v) is 2.84. The Bertz CT molecular complexity index is 488. The van der Waals surface area contributed by atoms with Crippen molar-refractivity contribution in [3.8, 4) is 0 Å². The summed E-state index contributed by atoms with van der Waals surface area (Å²) in [7, 11) is 2.07. The Labute approximate surface area is 107 Å². The molecule has 2 aromatic rings. The minimum atomic E-state index is 0.790. The highest BCUT2D eigenvalue weighted by molar-refractivity contribution is 5.39. The molecule has 0 saturated carbocycles. The molecule has 0 fully saturated rings. The van der Waals surface area contributed by atoms with Crippen LogP contribution in [-0.2, 0) is 19.6 Å². The van der Waals surface area contributed by atoms with Crippen LogP contribution in [0.2, 0.25) is 0 Å². The fourth-order valence-electron chi connectivity index (χ4n) is 1.91. The summed E-state index contributed by atoms with van der Waals surface area (Å²) in [4.78, 5) is 6.48. The lowest BCUT2D eigenvalue weighted by atomic mass is 10.2. The second-order valence-corrected chi connectivity index (χ2v) is 4.41. The zero-order valence-electron chi connectivity index (χ0n) is 10.9. The first-order valence-corrected chi connectivity index (χ1v) is 6.08. The Kier molecular flexibility index (Phi) is 3.94. The molecule has 0 radical (unpaired) electrons. The molecule has 1 aromatic heterocycles. The van der Waals surface area contributed by atoms with Crippen molar-refractivity contribution in [2.45, 2.75) is 26.6 Å². The molecule has 1 heterocycles. The summed E-state index contributed by atoms with van der Waals surface area (Å²) >= 11 is 0. The quantitative estimate of drug-likeness (QED) is 0.811. The standard InChI is InChI=1S/C13H19N5/c1-3-18-13(15-10-16-18)9-17(2)8-11-4-6-12(14)7-5-11/h4-7,10H,3,8-9,14H2,1-2H3. The smallest absolute Gasteiger partial charge is 0.140 e. The molecule has 18 heavy (non-hydrogen) atoms. The molecule has 2 N–H and O–H groups in total. The van der Waals surface area contributed by atoms with Gasteiger partial charge in [0.1, 0.15) is 12.2 Å². The van der Waals surface area contributed by atoms with Gasteiger partial charge in [-0.2, -0.15) is 5.10 Å². The van der Waals surface area contributed by atoms with E-state index in [2.05, 4.69) is 41.1 Å². The molecule has 1 aromatic carbocycles. The molecular formula is C13H19N5. The average molecular weight is 245 g/mol. The van der Waals surface area contributed by atoms with Crippen molar-refractivity contribution in [3.63, 3.8) is 0 Å². The maximum atomic E-state index is 5.67. The van der Waals surface area contributed by atoms with Gasteiger partial charge in [0.05, 0.1) is 6.54 Å². The maximum absolute atomic E-state index is 5.67. The van der Waals surface area contributed by atoms with Gasteiger partial charge in [-0.25, -0.2) is 9.67 Å². The molecule has 0 aliphatic heterocycles. The number of nitrogens with two attached hydrogens (primary N) is 1. The van der Waals surface area contributed by atoms with E-state index in [4.69, 9.17) is 5.73 Å². The minimum absolute atomic E-state index is 0.790. The van der Waals surface area contributed by atoms with Crippen molar-refractivity contribution < 1.29 is 0 Å². The van der Waals surface area contributed by atoms with Crippen LogP contribution in [0.3, 0.4) is 0 Å². The van der Waals surface area contributed by atoms with Crippen LogP contribution in [0.5, 0.6) is 0 Å². The van der Waals surface area contributed by atoms with Gasteiger partial charge in [-0.05, 0) is 31.7 Å². The first kappa shape index (κ1) is 12.6. The topological polar surface area (TPSA) is 60.0 Å². The van der Waals surface area contributed by atoms with Gasteiger partial charge >= 0.3 is 0 Å². The third kappa shape index (κ3) is 3.07. The summed E-state index contributed by atoms with van der Waals surface area (Å²) in [5, 5.41) is 4.17. The van der Waals surface area contributed by atoms with Gasteiger partial charge in [0.15, 0.2) is 0 Å². The van der Waals surface area contributed by atoms with E-state index in [9.17, 15) is 0 Å². The zero-order chi connectivity index (χ0) is 13.0. The van der Waals surface area contributed by atoms with E-state index in [1.54, 1.807) is 6.33 Å². The summed E-state index contributed by atoms with van der Waals surface area (Å²) in [6.07, 6.45) is 1.61. The fourth-order valence-corrected chi connectivity index (χ4v) is 1.91. The predicted octanol–water partition coefficient (Wildman–Crippen LogP) is 1.51. The number of nitrogens with zero attached hydrogens (tertiary/aromatic N) is 4. The molecule has 5 heteroatoms. The van der Waals surface area contributed by atoms with Gasteiger partial charge in [-0.3, -0.25) is 4.90 Å². The van der Waals surface area contributed by atoms with Gasteiger partial charge < -0.3 is 5.73 Å². The van der Waals surface area contributed by atoms with Crippen LogP contribution in [0.15, 0.2) is 30.6 Å². The molecule has 0 amide bonds. The third-order valence-electron chi connectivity index (χ3n) is 2.84. The van der Waals surface area contributed by atoms with Crippen LogP contribution in [-0.4, -0.2) is 26.7 Å². The summed E-state index contributed by atoms with van der Waals surface area (Å²) in [6, 6.07) is 7.96. The van der Waals surface area contributed by atoms with Crippen LogP contribution in [0, 0.1) is 0 Å². The second-order valence-electron chi connectivity index (χ2n) is 4.41. The number of anilines is 1. The van der Waals surface area contributed by atoms with E-state index >= 15 is 0 Å². The number of hydrogen-bond acceptors (Lipinski definition) is 4. The molecule has 0 spiro atoms. The number of benzene rings is 1. The Hall–Kier alpha value is -1.88. The Balaban J connectivity index is 1.96. The first-order chi connectivity index (χ1) is 8.69. The molecule has 0 aliphatic carbocycles. The van der Waals surface area contributed by atoms with E-state index in [1.807, 2.05) is 16.8 Å². The molecule has 0 saturated heterocycles. The van der Waals surface area contributed by atoms with Crippen molar-refractivity contribution in [1.29, 1.82) is 0 Å². The number of nitrogen functional groups attached to an aromatic ring is 1. The zero-order valence-corrected chi connectivity index (χ0v) is 10.9. The molecule has 96 valence electrons. The number of aryl methyl sites for hydroxylation is 1. The molecule has 0 aliphatic rings. The van der Waals surface area contributed by atoms with E-state index < -0.39 is 0 Å². The van der Waals surface area contributed by atoms with Crippen molar-refractivity contribution >= 4 is 5.69 Å². The van der Waals surface area contributed by atoms with E-state index in [-0.39, 0.29) is 0 Å². The SMILES string of the molecule is CCn1ncnc1CN(C)Cc1ccc(N)cc1. The number of rotatable bonds is 5. The van der Waals surface area contributed by atoms with Crippen LogP contribution in [0.25, 0.3) is 0 Å². The van der Waals surface area contributed by atoms with Gasteiger partial charge in [0.2, 0.25) is 0 Å². The highest BCUT2D eigenvalue weighted by Crippen LogP contribution is 2.09. The van der Waals surface area contributed by atoms with Crippen LogP contribution in [0.1, 0.15) is 18.3 Å². The van der Waals surface area contributed by atoms with Gasteiger partial charge in [-0.1, -0.05) is 12.1 Å². The lowest BCUT2D eigenvalue weighted by Gasteiger charge is -2.16. The Morgan fingerprint density at radius 3 is 2.61 bits per heavy atom. The molecule has 0 atom stereocenters. The van der Waals surface area contributed by atoms with Crippen LogP contribution in [0.4, 0.5) is 5.69 Å². The number of hydrogen-bond donors (Lipinski definition) is 1. The van der Waals surface area contributed by atoms with Gasteiger partial charge in [0.25, 0.3) is 0 Å². The molecule has 2 rings (SSSR count). The maximum Gasteiger partial charge on any atom is 0.140 e. The first-order valence-electron chi connectivity index (χ1n) is 6.08. The fraction of sp³-hybridized carbons (Fsp3) is 0.385. The summed E-state index contributed by atoms with van der Waals surface area (Å²) < 4.78 is 1.92. The Morgan fingerprint density at radius 2 is 1.94 bits per heavy atom. The summed E-state index contributed by atoms with van der Waals surface area (Å²) in [5.41, 5.74) is 7.71. The predicted molar refractivity (Wildman–Crippen MR) is 71.7 cm³/mol. The van der Waals surface area contributed by atoms with E-state index in [0.717, 1.165) is 31.1 Å². The monoisotopic (exact) mass is 245 g/mol. The average Bonchev–Trinajstić information content (AvgIpc) is 2.79. The van der Waals surface area contributed by atoms with Crippen molar-refractivity contribution in [3.05, 3.63) is 42.0 Å². The second kappa shape index (κ2) is 5.64. The molecule has 0 unspecified atom stereocenters. The molecular weight excluding hydrogens is 226 g/mol. The number of aromatic nitrogens is 3. The van der Waals surface area contributed by atoms with Gasteiger partial charge in [0, 0.05) is 18.8 Å². The van der Waals surface area contributed by atoms with Crippen molar-refractivity contribution in [2.24, 2.45) is 0 Å².